The van der Waals surface area contributed by atoms with Crippen molar-refractivity contribution in [2.75, 3.05) is 18.0 Å². The average molecular weight is 391 g/mol. The van der Waals surface area contributed by atoms with E-state index >= 15 is 0 Å². The molecule has 0 aliphatic carbocycles. The maximum Gasteiger partial charge on any atom is 0.251 e. The van der Waals surface area contributed by atoms with Gasteiger partial charge in [-0.3, -0.25) is 4.79 Å². The molecule has 6 heteroatoms. The number of halogens is 2. The number of carbonyl (C=O) groups excluding carboxylic acids is 1. The molecule has 2 aliphatic rings. The van der Waals surface area contributed by atoms with Crippen LogP contribution in [-0.2, 0) is 6.54 Å². The second kappa shape index (κ2) is 6.95. The number of amides is 1. The van der Waals surface area contributed by atoms with Crippen molar-refractivity contribution in [3.8, 4) is 22.3 Å². The van der Waals surface area contributed by atoms with Crippen LogP contribution in [-0.4, -0.2) is 24.0 Å². The van der Waals surface area contributed by atoms with Crippen LogP contribution in [0.25, 0.3) is 22.3 Å². The molecule has 0 atom stereocenters. The van der Waals surface area contributed by atoms with Gasteiger partial charge in [-0.15, -0.1) is 0 Å². The van der Waals surface area contributed by atoms with Crippen molar-refractivity contribution in [3.63, 3.8) is 0 Å². The predicted octanol–water partition coefficient (Wildman–Crippen LogP) is 4.54. The summed E-state index contributed by atoms with van der Waals surface area (Å²) in [5.74, 6) is -0.616. The Bertz CT molecular complexity index is 1120. The van der Waals surface area contributed by atoms with Gasteiger partial charge in [-0.05, 0) is 65.9 Å². The summed E-state index contributed by atoms with van der Waals surface area (Å²) < 4.78 is 28.2. The normalized spacial score (nSPS) is 15.5. The van der Waals surface area contributed by atoms with Gasteiger partial charge in [-0.2, -0.15) is 0 Å². The average Bonchev–Trinajstić information content (AvgIpc) is 3.38. The standard InChI is InChI=1S/C23H19F2N3O/c24-15-5-6-16(21(25)11-15)20-12-18-14(13-27-23(18)29)10-19(20)17-4-3-7-26-22(17)28-8-1-2-9-28/h3-7,10-12H,1-2,8-9,13H2,(H,27,29). The van der Waals surface area contributed by atoms with E-state index in [0.717, 1.165) is 54.5 Å². The lowest BCUT2D eigenvalue weighted by molar-refractivity contribution is 0.0966. The zero-order valence-electron chi connectivity index (χ0n) is 15.7. The molecule has 2 aromatic carbocycles. The largest absolute Gasteiger partial charge is 0.356 e. The summed E-state index contributed by atoms with van der Waals surface area (Å²) in [5.41, 5.74) is 3.90. The maximum atomic E-state index is 14.7. The van der Waals surface area contributed by atoms with Crippen molar-refractivity contribution in [1.29, 1.82) is 0 Å². The summed E-state index contributed by atoms with van der Waals surface area (Å²) >= 11 is 0. The molecule has 146 valence electrons. The summed E-state index contributed by atoms with van der Waals surface area (Å²) in [6.07, 6.45) is 3.98. The molecular formula is C23H19F2N3O. The minimum Gasteiger partial charge on any atom is -0.356 e. The third-order valence-electron chi connectivity index (χ3n) is 5.63. The van der Waals surface area contributed by atoms with Gasteiger partial charge in [-0.25, -0.2) is 13.8 Å². The number of pyridine rings is 1. The Labute approximate surface area is 167 Å². The Morgan fingerprint density at radius 2 is 1.69 bits per heavy atom. The fourth-order valence-corrected chi connectivity index (χ4v) is 4.21. The molecule has 5 rings (SSSR count). The van der Waals surface area contributed by atoms with Crippen molar-refractivity contribution >= 4 is 11.7 Å². The van der Waals surface area contributed by atoms with E-state index in [-0.39, 0.29) is 11.5 Å². The minimum absolute atomic E-state index is 0.179. The topological polar surface area (TPSA) is 45.2 Å². The summed E-state index contributed by atoms with van der Waals surface area (Å²) in [7, 11) is 0. The van der Waals surface area contributed by atoms with Crippen molar-refractivity contribution in [2.45, 2.75) is 19.4 Å². The molecule has 29 heavy (non-hydrogen) atoms. The predicted molar refractivity (Wildman–Crippen MR) is 108 cm³/mol. The smallest absolute Gasteiger partial charge is 0.251 e. The van der Waals surface area contributed by atoms with E-state index in [9.17, 15) is 13.6 Å². The second-order valence-electron chi connectivity index (χ2n) is 7.43. The van der Waals surface area contributed by atoms with Gasteiger partial charge in [0.25, 0.3) is 5.91 Å². The summed E-state index contributed by atoms with van der Waals surface area (Å²) in [6.45, 7) is 2.29. The van der Waals surface area contributed by atoms with E-state index in [1.54, 1.807) is 12.3 Å². The molecule has 1 amide bonds. The SMILES string of the molecule is O=C1NCc2cc(-c3cccnc3N3CCCC3)c(-c3ccc(F)cc3F)cc21. The zero-order valence-corrected chi connectivity index (χ0v) is 15.7. The van der Waals surface area contributed by atoms with E-state index in [1.807, 2.05) is 18.2 Å². The van der Waals surface area contributed by atoms with Crippen LogP contribution in [0.2, 0.25) is 0 Å². The molecule has 4 nitrogen and oxygen atoms in total. The van der Waals surface area contributed by atoms with E-state index in [2.05, 4.69) is 15.2 Å². The molecule has 0 saturated carbocycles. The molecule has 3 aromatic rings. The lowest BCUT2D eigenvalue weighted by atomic mass is 9.90. The number of fused-ring (bicyclic) bond motifs is 1. The number of hydrogen-bond donors (Lipinski definition) is 1. The first-order valence-corrected chi connectivity index (χ1v) is 9.73. The molecular weight excluding hydrogens is 372 g/mol. The van der Waals surface area contributed by atoms with E-state index < -0.39 is 11.6 Å². The quantitative estimate of drug-likeness (QED) is 0.713. The minimum atomic E-state index is -0.656. The Morgan fingerprint density at radius 1 is 0.897 bits per heavy atom. The van der Waals surface area contributed by atoms with Crippen LogP contribution in [0, 0.1) is 11.6 Å². The fourth-order valence-electron chi connectivity index (χ4n) is 4.21. The molecule has 0 bridgehead atoms. The molecule has 0 radical (unpaired) electrons. The Kier molecular flexibility index (Phi) is 4.27. The summed E-state index contributed by atoms with van der Waals surface area (Å²) in [4.78, 5) is 19.1. The maximum absolute atomic E-state index is 14.7. The number of carbonyl (C=O) groups is 1. The number of aromatic nitrogens is 1. The second-order valence-corrected chi connectivity index (χ2v) is 7.43. The van der Waals surface area contributed by atoms with Crippen LogP contribution in [0.3, 0.4) is 0 Å². The van der Waals surface area contributed by atoms with Gasteiger partial charge in [0.05, 0.1) is 0 Å². The summed E-state index contributed by atoms with van der Waals surface area (Å²) in [5, 5.41) is 2.82. The molecule has 1 N–H and O–H groups in total. The van der Waals surface area contributed by atoms with Crippen molar-refractivity contribution in [1.82, 2.24) is 10.3 Å². The lowest BCUT2D eigenvalue weighted by Crippen LogP contribution is -2.19. The van der Waals surface area contributed by atoms with Crippen LogP contribution in [0.4, 0.5) is 14.6 Å². The van der Waals surface area contributed by atoms with Gasteiger partial charge >= 0.3 is 0 Å². The van der Waals surface area contributed by atoms with Crippen LogP contribution in [0.15, 0.2) is 48.7 Å². The Balaban J connectivity index is 1.76. The van der Waals surface area contributed by atoms with E-state index in [0.29, 0.717) is 17.7 Å². The van der Waals surface area contributed by atoms with Gasteiger partial charge in [0.15, 0.2) is 0 Å². The van der Waals surface area contributed by atoms with E-state index in [1.165, 1.54) is 12.1 Å². The van der Waals surface area contributed by atoms with Crippen molar-refractivity contribution < 1.29 is 13.6 Å². The van der Waals surface area contributed by atoms with Crippen molar-refractivity contribution in [3.05, 3.63) is 71.4 Å². The summed E-state index contributed by atoms with van der Waals surface area (Å²) in [6, 6.07) is 11.0. The van der Waals surface area contributed by atoms with Crippen molar-refractivity contribution in [2.24, 2.45) is 0 Å². The molecule has 1 fully saturated rings. The van der Waals surface area contributed by atoms with Gasteiger partial charge in [0, 0.05) is 48.6 Å². The highest BCUT2D eigenvalue weighted by molar-refractivity contribution is 6.02. The van der Waals surface area contributed by atoms with E-state index in [4.69, 9.17) is 0 Å². The Morgan fingerprint density at radius 3 is 2.48 bits per heavy atom. The third-order valence-corrected chi connectivity index (χ3v) is 5.63. The number of benzene rings is 2. The first-order chi connectivity index (χ1) is 14.1. The highest BCUT2D eigenvalue weighted by Crippen LogP contribution is 2.40. The van der Waals surface area contributed by atoms with Gasteiger partial charge < -0.3 is 10.2 Å². The molecule has 1 saturated heterocycles. The van der Waals surface area contributed by atoms with Crippen LogP contribution < -0.4 is 10.2 Å². The molecule has 2 aliphatic heterocycles. The molecule has 0 unspecified atom stereocenters. The number of anilines is 1. The van der Waals surface area contributed by atoms with Gasteiger partial charge in [0.2, 0.25) is 0 Å². The first-order valence-electron chi connectivity index (χ1n) is 9.73. The van der Waals surface area contributed by atoms with Crippen LogP contribution in [0.5, 0.6) is 0 Å². The van der Waals surface area contributed by atoms with Crippen LogP contribution >= 0.6 is 0 Å². The zero-order chi connectivity index (χ0) is 20.0. The third kappa shape index (κ3) is 3.05. The molecule has 0 spiro atoms. The number of hydrogen-bond acceptors (Lipinski definition) is 3. The lowest BCUT2D eigenvalue weighted by Gasteiger charge is -2.22. The highest BCUT2D eigenvalue weighted by Gasteiger charge is 2.26. The molecule has 1 aromatic heterocycles. The Hall–Kier alpha value is -3.28. The first kappa shape index (κ1) is 17.8. The monoisotopic (exact) mass is 391 g/mol. The fraction of sp³-hybridized carbons (Fsp3) is 0.217. The molecule has 3 heterocycles. The number of rotatable bonds is 3. The highest BCUT2D eigenvalue weighted by atomic mass is 19.1. The number of nitrogens with one attached hydrogen (secondary N) is 1. The van der Waals surface area contributed by atoms with Gasteiger partial charge in [-0.1, -0.05) is 0 Å². The van der Waals surface area contributed by atoms with Gasteiger partial charge in [0.1, 0.15) is 17.5 Å². The number of nitrogens with zero attached hydrogens (tertiary/aromatic N) is 2. The van der Waals surface area contributed by atoms with Crippen LogP contribution in [0.1, 0.15) is 28.8 Å².